The van der Waals surface area contributed by atoms with Gasteiger partial charge in [-0.25, -0.2) is 0 Å². The molecule has 3 heteroatoms. The Balaban J connectivity index is 2.18. The van der Waals surface area contributed by atoms with Gasteiger partial charge in [0.25, 0.3) is 0 Å². The molecule has 0 aromatic heterocycles. The Morgan fingerprint density at radius 3 is 2.48 bits per heavy atom. The van der Waals surface area contributed by atoms with Crippen LogP contribution in [0.5, 0.6) is 5.75 Å². The summed E-state index contributed by atoms with van der Waals surface area (Å²) >= 11 is 0. The first-order valence-corrected chi connectivity index (χ1v) is 8.01. The third-order valence-corrected chi connectivity index (χ3v) is 5.21. The first kappa shape index (κ1) is 16.3. The molecule has 3 nitrogen and oxygen atoms in total. The lowest BCUT2D eigenvalue weighted by Gasteiger charge is -2.43. The van der Waals surface area contributed by atoms with Crippen LogP contribution in [0.1, 0.15) is 51.0 Å². The number of rotatable bonds is 5. The van der Waals surface area contributed by atoms with Crippen molar-refractivity contribution in [3.05, 3.63) is 29.8 Å². The second kappa shape index (κ2) is 6.80. The zero-order valence-corrected chi connectivity index (χ0v) is 13.5. The van der Waals surface area contributed by atoms with Gasteiger partial charge in [-0.15, -0.1) is 0 Å². The summed E-state index contributed by atoms with van der Waals surface area (Å²) in [5.74, 6) is 1.15. The van der Waals surface area contributed by atoms with Crippen molar-refractivity contribution in [3.8, 4) is 5.75 Å². The van der Waals surface area contributed by atoms with Gasteiger partial charge in [-0.05, 0) is 41.9 Å². The number of aliphatic hydroxyl groups is 1. The molecule has 1 aliphatic carbocycles. The van der Waals surface area contributed by atoms with Crippen molar-refractivity contribution in [2.45, 2.75) is 51.6 Å². The topological polar surface area (TPSA) is 55.5 Å². The van der Waals surface area contributed by atoms with E-state index in [1.54, 1.807) is 7.11 Å². The molecule has 0 bridgehead atoms. The fraction of sp³-hybridized carbons (Fsp3) is 0.667. The van der Waals surface area contributed by atoms with Crippen LogP contribution in [0, 0.1) is 11.3 Å². The molecule has 1 aliphatic rings. The highest BCUT2D eigenvalue weighted by Crippen LogP contribution is 2.45. The molecule has 3 N–H and O–H groups in total. The van der Waals surface area contributed by atoms with Gasteiger partial charge in [-0.3, -0.25) is 0 Å². The molecule has 0 aliphatic heterocycles. The summed E-state index contributed by atoms with van der Waals surface area (Å²) in [5, 5.41) is 10.9. The minimum Gasteiger partial charge on any atom is -0.497 e. The first-order chi connectivity index (χ1) is 9.99. The standard InChI is InChI=1S/C18H29NO2/c1-18(2)11-5-4-6-16(18)17(20)15(12-19)13-7-9-14(21-3)10-8-13/h7-10,15-17,20H,4-6,11-12,19H2,1-3H3. The molecular formula is C18H29NO2. The fourth-order valence-corrected chi connectivity index (χ4v) is 3.76. The molecule has 1 aromatic carbocycles. The fourth-order valence-electron chi connectivity index (χ4n) is 3.76. The monoisotopic (exact) mass is 291 g/mol. The molecule has 2 rings (SSSR count). The van der Waals surface area contributed by atoms with Gasteiger partial charge in [0, 0.05) is 12.5 Å². The van der Waals surface area contributed by atoms with Gasteiger partial charge in [-0.2, -0.15) is 0 Å². The Labute approximate surface area is 128 Å². The number of ether oxygens (including phenoxy) is 1. The van der Waals surface area contributed by atoms with Crippen LogP contribution in [0.3, 0.4) is 0 Å². The van der Waals surface area contributed by atoms with Gasteiger partial charge in [-0.1, -0.05) is 38.8 Å². The Bertz CT molecular complexity index is 441. The van der Waals surface area contributed by atoms with E-state index in [4.69, 9.17) is 10.5 Å². The van der Waals surface area contributed by atoms with Crippen molar-refractivity contribution in [2.24, 2.45) is 17.1 Å². The van der Waals surface area contributed by atoms with E-state index in [9.17, 15) is 5.11 Å². The van der Waals surface area contributed by atoms with Gasteiger partial charge >= 0.3 is 0 Å². The zero-order valence-electron chi connectivity index (χ0n) is 13.5. The van der Waals surface area contributed by atoms with E-state index in [1.807, 2.05) is 24.3 Å². The number of hydrogen-bond donors (Lipinski definition) is 2. The van der Waals surface area contributed by atoms with Crippen molar-refractivity contribution in [2.75, 3.05) is 13.7 Å². The zero-order chi connectivity index (χ0) is 15.5. The first-order valence-electron chi connectivity index (χ1n) is 8.01. The largest absolute Gasteiger partial charge is 0.497 e. The molecule has 0 heterocycles. The van der Waals surface area contributed by atoms with Crippen LogP contribution in [-0.4, -0.2) is 24.9 Å². The molecule has 1 aromatic rings. The normalized spacial score (nSPS) is 24.3. The molecule has 21 heavy (non-hydrogen) atoms. The molecule has 3 unspecified atom stereocenters. The lowest BCUT2D eigenvalue weighted by molar-refractivity contribution is -0.00895. The van der Waals surface area contributed by atoms with Crippen molar-refractivity contribution in [1.29, 1.82) is 0 Å². The van der Waals surface area contributed by atoms with Crippen LogP contribution < -0.4 is 10.5 Å². The maximum Gasteiger partial charge on any atom is 0.118 e. The second-order valence-electron chi connectivity index (χ2n) is 6.95. The molecule has 0 saturated heterocycles. The Hall–Kier alpha value is -1.06. The maximum absolute atomic E-state index is 10.9. The van der Waals surface area contributed by atoms with Gasteiger partial charge in [0.15, 0.2) is 0 Å². The Morgan fingerprint density at radius 2 is 1.95 bits per heavy atom. The van der Waals surface area contributed by atoms with E-state index >= 15 is 0 Å². The Kier molecular flexibility index (Phi) is 5.28. The van der Waals surface area contributed by atoms with Crippen LogP contribution in [0.25, 0.3) is 0 Å². The van der Waals surface area contributed by atoms with Crippen LogP contribution in [-0.2, 0) is 0 Å². The third-order valence-electron chi connectivity index (χ3n) is 5.21. The highest BCUT2D eigenvalue weighted by atomic mass is 16.5. The Morgan fingerprint density at radius 1 is 1.29 bits per heavy atom. The quantitative estimate of drug-likeness (QED) is 0.875. The third kappa shape index (κ3) is 3.58. The van der Waals surface area contributed by atoms with Gasteiger partial charge in [0.1, 0.15) is 5.75 Å². The lowest BCUT2D eigenvalue weighted by Crippen LogP contribution is -2.41. The van der Waals surface area contributed by atoms with Gasteiger partial charge in [0.05, 0.1) is 13.2 Å². The molecule has 0 radical (unpaired) electrons. The highest BCUT2D eigenvalue weighted by Gasteiger charge is 2.39. The van der Waals surface area contributed by atoms with E-state index in [0.29, 0.717) is 12.5 Å². The van der Waals surface area contributed by atoms with Crippen molar-refractivity contribution >= 4 is 0 Å². The van der Waals surface area contributed by atoms with E-state index in [2.05, 4.69) is 13.8 Å². The smallest absolute Gasteiger partial charge is 0.118 e. The molecule has 1 saturated carbocycles. The predicted molar refractivity (Wildman–Crippen MR) is 86.5 cm³/mol. The molecule has 118 valence electrons. The second-order valence-corrected chi connectivity index (χ2v) is 6.95. The highest BCUT2D eigenvalue weighted by molar-refractivity contribution is 5.30. The van der Waals surface area contributed by atoms with Gasteiger partial charge < -0.3 is 15.6 Å². The average molecular weight is 291 g/mol. The number of hydrogen-bond acceptors (Lipinski definition) is 3. The summed E-state index contributed by atoms with van der Waals surface area (Å²) in [4.78, 5) is 0. The summed E-state index contributed by atoms with van der Waals surface area (Å²) < 4.78 is 5.20. The van der Waals surface area contributed by atoms with Crippen molar-refractivity contribution < 1.29 is 9.84 Å². The minimum atomic E-state index is -0.376. The van der Waals surface area contributed by atoms with Crippen LogP contribution in [0.2, 0.25) is 0 Å². The molecule has 1 fully saturated rings. The molecule has 0 spiro atoms. The van der Waals surface area contributed by atoms with E-state index in [1.165, 1.54) is 19.3 Å². The lowest BCUT2D eigenvalue weighted by atomic mass is 9.64. The number of nitrogens with two attached hydrogens (primary N) is 1. The number of aliphatic hydroxyl groups excluding tert-OH is 1. The average Bonchev–Trinajstić information content (AvgIpc) is 2.48. The summed E-state index contributed by atoms with van der Waals surface area (Å²) in [5.41, 5.74) is 7.28. The summed E-state index contributed by atoms with van der Waals surface area (Å²) in [7, 11) is 1.66. The van der Waals surface area contributed by atoms with Crippen LogP contribution in [0.15, 0.2) is 24.3 Å². The van der Waals surface area contributed by atoms with E-state index in [0.717, 1.165) is 17.7 Å². The van der Waals surface area contributed by atoms with Crippen LogP contribution in [0.4, 0.5) is 0 Å². The van der Waals surface area contributed by atoms with Gasteiger partial charge in [0.2, 0.25) is 0 Å². The van der Waals surface area contributed by atoms with E-state index in [-0.39, 0.29) is 17.4 Å². The summed E-state index contributed by atoms with van der Waals surface area (Å²) in [6, 6.07) is 7.93. The summed E-state index contributed by atoms with van der Waals surface area (Å²) in [6.07, 6.45) is 4.39. The molecular weight excluding hydrogens is 262 g/mol. The van der Waals surface area contributed by atoms with Crippen molar-refractivity contribution in [3.63, 3.8) is 0 Å². The summed E-state index contributed by atoms with van der Waals surface area (Å²) in [6.45, 7) is 5.03. The number of benzene rings is 1. The number of methoxy groups -OCH3 is 1. The van der Waals surface area contributed by atoms with Crippen molar-refractivity contribution in [1.82, 2.24) is 0 Å². The minimum absolute atomic E-state index is 0.00159. The molecule has 3 atom stereocenters. The van der Waals surface area contributed by atoms with E-state index < -0.39 is 0 Å². The maximum atomic E-state index is 10.9. The van der Waals surface area contributed by atoms with Crippen LogP contribution >= 0.6 is 0 Å². The molecule has 0 amide bonds. The predicted octanol–water partition coefficient (Wildman–Crippen LogP) is 3.31. The SMILES string of the molecule is COc1ccc(C(CN)C(O)C2CCCCC2(C)C)cc1.